The van der Waals surface area contributed by atoms with Crippen LogP contribution < -0.4 is 5.73 Å². The Morgan fingerprint density at radius 1 is 0.812 bits per heavy atom. The van der Waals surface area contributed by atoms with Crippen LogP contribution in [0.2, 0.25) is 13.3 Å². The van der Waals surface area contributed by atoms with Gasteiger partial charge in [0, 0.05) is 0 Å². The summed E-state index contributed by atoms with van der Waals surface area (Å²) in [5, 5.41) is 0. The van der Waals surface area contributed by atoms with Crippen molar-refractivity contribution in [3.05, 3.63) is 0 Å². The van der Waals surface area contributed by atoms with E-state index in [1.54, 1.807) is 13.3 Å². The summed E-state index contributed by atoms with van der Waals surface area (Å²) in [6.07, 6.45) is 8.36. The molecule has 2 N–H and O–H groups in total. The molecule has 0 rings (SSSR count). The molecule has 2 heteroatoms. The summed E-state index contributed by atoms with van der Waals surface area (Å²) in [5.74, 6) is 0. The van der Waals surface area contributed by atoms with Crippen LogP contribution in [0.1, 0.15) is 66.2 Å². The van der Waals surface area contributed by atoms with E-state index in [4.69, 9.17) is 5.73 Å². The minimum atomic E-state index is -1.97. The van der Waals surface area contributed by atoms with Gasteiger partial charge in [0.1, 0.15) is 0 Å². The predicted octanol–water partition coefficient (Wildman–Crippen LogP) is 4.72. The second kappa shape index (κ2) is 9.75. The molecule has 0 radical (unpaired) electrons. The molecule has 0 fully saturated rings. The van der Waals surface area contributed by atoms with E-state index in [-0.39, 0.29) is 0 Å². The summed E-state index contributed by atoms with van der Waals surface area (Å²) in [7, 11) is 0. The molecule has 1 atom stereocenters. The normalized spacial score (nSPS) is 14.1. The molecule has 16 heavy (non-hydrogen) atoms. The van der Waals surface area contributed by atoms with E-state index < -0.39 is 18.4 Å². The van der Waals surface area contributed by atoms with Crippen molar-refractivity contribution in [2.24, 2.45) is 5.73 Å². The molecule has 0 spiro atoms. The summed E-state index contributed by atoms with van der Waals surface area (Å²) in [5.41, 5.74) is 6.39. The van der Waals surface area contributed by atoms with Gasteiger partial charge in [0.05, 0.1) is 0 Å². The Hall–Kier alpha value is 0.759. The van der Waals surface area contributed by atoms with E-state index in [0.29, 0.717) is 4.06 Å². The molecule has 0 aromatic carbocycles. The van der Waals surface area contributed by atoms with Crippen molar-refractivity contribution >= 4 is 18.4 Å². The quantitative estimate of drug-likeness (QED) is 0.575. The first-order valence-electron chi connectivity index (χ1n) is 7.38. The fourth-order valence-electron chi connectivity index (χ4n) is 2.64. The topological polar surface area (TPSA) is 26.0 Å². The van der Waals surface area contributed by atoms with Gasteiger partial charge < -0.3 is 0 Å². The van der Waals surface area contributed by atoms with Crippen molar-refractivity contribution in [3.63, 3.8) is 0 Å². The molecule has 0 aromatic heterocycles. The molecule has 1 nitrogen and oxygen atoms in total. The van der Waals surface area contributed by atoms with Crippen molar-refractivity contribution in [2.45, 2.75) is 83.6 Å². The molecular weight excluding hydrogens is 301 g/mol. The zero-order valence-corrected chi connectivity index (χ0v) is 14.9. The fourth-order valence-corrected chi connectivity index (χ4v) is 17.7. The Balaban J connectivity index is 4.46. The SMILES string of the molecule is CCC[CH2][Sn]([CH2]CCC)([CH2]CCC)[CH](C)N. The number of nitrogens with two attached hydrogens (primary N) is 1. The van der Waals surface area contributed by atoms with Crippen LogP contribution in [0.15, 0.2) is 0 Å². The first kappa shape index (κ1) is 16.8. The fraction of sp³-hybridized carbons (Fsp3) is 1.00. The average Bonchev–Trinajstić information content (AvgIpc) is 2.28. The van der Waals surface area contributed by atoms with Crippen LogP contribution in [0.3, 0.4) is 0 Å². The van der Waals surface area contributed by atoms with E-state index in [2.05, 4.69) is 27.7 Å². The molecule has 0 amide bonds. The third-order valence-corrected chi connectivity index (χ3v) is 21.1. The van der Waals surface area contributed by atoms with Crippen LogP contribution in [0.25, 0.3) is 0 Å². The molecule has 0 aliphatic rings. The van der Waals surface area contributed by atoms with Gasteiger partial charge in [-0.1, -0.05) is 0 Å². The van der Waals surface area contributed by atoms with Gasteiger partial charge in [-0.05, 0) is 0 Å². The molecule has 0 saturated carbocycles. The van der Waals surface area contributed by atoms with Gasteiger partial charge in [-0.3, -0.25) is 0 Å². The third kappa shape index (κ3) is 5.90. The summed E-state index contributed by atoms with van der Waals surface area (Å²) in [6.45, 7) is 9.27. The minimum absolute atomic E-state index is 0.568. The monoisotopic (exact) mass is 335 g/mol. The van der Waals surface area contributed by atoms with Crippen LogP contribution in [0.5, 0.6) is 0 Å². The van der Waals surface area contributed by atoms with Gasteiger partial charge in [-0.2, -0.15) is 0 Å². The Labute approximate surface area is 107 Å². The van der Waals surface area contributed by atoms with Crippen LogP contribution in [0.4, 0.5) is 0 Å². The van der Waals surface area contributed by atoms with Gasteiger partial charge in [0.25, 0.3) is 0 Å². The zero-order chi connectivity index (χ0) is 12.4. The summed E-state index contributed by atoms with van der Waals surface area (Å²) in [4.78, 5) is 0. The van der Waals surface area contributed by atoms with Gasteiger partial charge in [0.15, 0.2) is 0 Å². The summed E-state index contributed by atoms with van der Waals surface area (Å²) >= 11 is -1.97. The molecule has 0 bridgehead atoms. The Kier molecular flexibility index (Phi) is 10.2. The molecule has 98 valence electrons. The first-order valence-corrected chi connectivity index (χ1v) is 15.1. The van der Waals surface area contributed by atoms with Gasteiger partial charge in [0.2, 0.25) is 0 Å². The van der Waals surface area contributed by atoms with E-state index in [9.17, 15) is 0 Å². The number of unbranched alkanes of at least 4 members (excludes halogenated alkanes) is 3. The number of hydrogen-bond acceptors (Lipinski definition) is 1. The standard InChI is InChI=1S/3C4H9.C2H6N.Sn/c3*1-3-4-2;1-2-3;/h3*1,3-4H2,2H3;2H,3H2,1H3;. The maximum absolute atomic E-state index is 6.39. The van der Waals surface area contributed by atoms with Gasteiger partial charge >= 0.3 is 108 Å². The average molecular weight is 334 g/mol. The molecule has 0 aromatic rings. The van der Waals surface area contributed by atoms with Crippen LogP contribution in [-0.4, -0.2) is 22.4 Å². The molecule has 0 aliphatic heterocycles. The molecule has 0 heterocycles. The number of rotatable bonds is 10. The van der Waals surface area contributed by atoms with Crippen molar-refractivity contribution in [1.82, 2.24) is 0 Å². The summed E-state index contributed by atoms with van der Waals surface area (Å²) < 4.78 is 5.20. The first-order chi connectivity index (χ1) is 7.63. The van der Waals surface area contributed by atoms with E-state index in [1.165, 1.54) is 38.5 Å². The van der Waals surface area contributed by atoms with Crippen molar-refractivity contribution < 1.29 is 0 Å². The third-order valence-electron chi connectivity index (χ3n) is 4.05. The van der Waals surface area contributed by atoms with Crippen LogP contribution >= 0.6 is 0 Å². The zero-order valence-electron chi connectivity index (χ0n) is 12.0. The van der Waals surface area contributed by atoms with E-state index >= 15 is 0 Å². The van der Waals surface area contributed by atoms with E-state index in [0.717, 1.165) is 0 Å². The molecule has 0 aliphatic carbocycles. The maximum atomic E-state index is 6.39. The molecule has 0 saturated heterocycles. The van der Waals surface area contributed by atoms with Gasteiger partial charge in [-0.15, -0.1) is 0 Å². The Bertz CT molecular complexity index is 135. The van der Waals surface area contributed by atoms with Crippen LogP contribution in [-0.2, 0) is 0 Å². The molecule has 1 unspecified atom stereocenters. The van der Waals surface area contributed by atoms with E-state index in [1.807, 2.05) is 0 Å². The second-order valence-corrected chi connectivity index (χ2v) is 20.1. The van der Waals surface area contributed by atoms with Crippen LogP contribution in [0, 0.1) is 0 Å². The summed E-state index contributed by atoms with van der Waals surface area (Å²) in [6, 6.07) is 0. The molecular formula is C14H33NSn. The Morgan fingerprint density at radius 3 is 1.31 bits per heavy atom. The van der Waals surface area contributed by atoms with Gasteiger partial charge in [-0.25, -0.2) is 0 Å². The van der Waals surface area contributed by atoms with Crippen molar-refractivity contribution in [3.8, 4) is 0 Å². The second-order valence-electron chi connectivity index (χ2n) is 5.46. The predicted molar refractivity (Wildman–Crippen MR) is 78.5 cm³/mol. The van der Waals surface area contributed by atoms with Crippen molar-refractivity contribution in [2.75, 3.05) is 0 Å². The number of hydrogen-bond donors (Lipinski definition) is 1. The Morgan fingerprint density at radius 2 is 1.12 bits per heavy atom. The van der Waals surface area contributed by atoms with Crippen molar-refractivity contribution in [1.29, 1.82) is 0 Å².